The molecule has 0 saturated carbocycles. The van der Waals surface area contributed by atoms with E-state index < -0.39 is 0 Å². The Morgan fingerprint density at radius 3 is 1.08 bits per heavy atom. The molecule has 17 aromatic rings. The Bertz CT molecular complexity index is 4910. The lowest BCUT2D eigenvalue weighted by Crippen LogP contribution is -1.94. The summed E-state index contributed by atoms with van der Waals surface area (Å²) in [6.07, 6.45) is 0. The lowest BCUT2D eigenvalue weighted by molar-refractivity contribution is 1.18. The van der Waals surface area contributed by atoms with Crippen molar-refractivity contribution in [3.8, 4) is 33.6 Å². The lowest BCUT2D eigenvalue weighted by atomic mass is 9.86. The molecule has 74 heavy (non-hydrogen) atoms. The van der Waals surface area contributed by atoms with Crippen molar-refractivity contribution in [2.75, 3.05) is 0 Å². The highest BCUT2D eigenvalue weighted by molar-refractivity contribution is 7.26. The molecular formula is C70H40N2S2. The van der Waals surface area contributed by atoms with Gasteiger partial charge in [0.1, 0.15) is 0 Å². The summed E-state index contributed by atoms with van der Waals surface area (Å²) < 4.78 is 10.2. The van der Waals surface area contributed by atoms with Crippen molar-refractivity contribution in [3.63, 3.8) is 0 Å². The van der Waals surface area contributed by atoms with Crippen LogP contribution >= 0.6 is 22.7 Å². The normalized spacial score (nSPS) is 12.3. The van der Waals surface area contributed by atoms with Crippen LogP contribution in [0.3, 0.4) is 0 Å². The van der Waals surface area contributed by atoms with Crippen LogP contribution in [-0.2, 0) is 0 Å². The van der Waals surface area contributed by atoms with Gasteiger partial charge in [-0.05, 0) is 164 Å². The van der Waals surface area contributed by atoms with Gasteiger partial charge in [0.25, 0.3) is 0 Å². The second-order valence-electron chi connectivity index (χ2n) is 19.9. The monoisotopic (exact) mass is 972 g/mol. The fourth-order valence-corrected chi connectivity index (χ4v) is 15.0. The van der Waals surface area contributed by atoms with Crippen molar-refractivity contribution in [1.82, 2.24) is 9.13 Å². The van der Waals surface area contributed by atoms with Gasteiger partial charge in [-0.3, -0.25) is 0 Å². The molecular weight excluding hydrogens is 933 g/mol. The summed E-state index contributed by atoms with van der Waals surface area (Å²) in [7, 11) is 0. The zero-order chi connectivity index (χ0) is 48.2. The number of nitrogens with zero attached hydrogens (tertiary/aromatic N) is 2. The fourth-order valence-electron chi connectivity index (χ4n) is 12.9. The zero-order valence-corrected chi connectivity index (χ0v) is 41.4. The fraction of sp³-hybridized carbons (Fsp3) is 0. The molecule has 0 atom stereocenters. The van der Waals surface area contributed by atoms with Crippen molar-refractivity contribution in [2.24, 2.45) is 0 Å². The summed E-state index contributed by atoms with van der Waals surface area (Å²) in [6, 6.07) is 91.3. The van der Waals surface area contributed by atoms with Crippen molar-refractivity contribution in [1.29, 1.82) is 0 Å². The van der Waals surface area contributed by atoms with Crippen LogP contribution in [0.4, 0.5) is 0 Å². The van der Waals surface area contributed by atoms with Crippen molar-refractivity contribution < 1.29 is 0 Å². The molecule has 13 aromatic carbocycles. The zero-order valence-electron chi connectivity index (χ0n) is 39.8. The summed E-state index contributed by atoms with van der Waals surface area (Å²) in [5.74, 6) is 0. The molecule has 0 radical (unpaired) electrons. The number of fused-ring (bicyclic) bond motifs is 20. The van der Waals surface area contributed by atoms with E-state index in [1.54, 1.807) is 0 Å². The molecule has 4 heterocycles. The molecule has 4 heteroatoms. The number of hydrogen-bond donors (Lipinski definition) is 0. The van der Waals surface area contributed by atoms with Gasteiger partial charge in [0, 0.05) is 84.0 Å². The molecule has 0 spiro atoms. The Morgan fingerprint density at radius 2 is 0.622 bits per heavy atom. The first kappa shape index (κ1) is 40.5. The second-order valence-corrected chi connectivity index (χ2v) is 22.1. The second kappa shape index (κ2) is 15.2. The lowest BCUT2D eigenvalue weighted by Gasteiger charge is -2.17. The third-order valence-corrected chi connectivity index (χ3v) is 18.3. The Hall–Kier alpha value is -9.06. The molecule has 0 aliphatic rings. The first-order valence-electron chi connectivity index (χ1n) is 25.4. The SMILES string of the molecule is c1ccc(-n2c3ccccc3c3c4c(-c5ccc6sc7ccccc7c6c5)cc5cc6c(cc(-c7ccc8sc9ccccc9c8c7)c7c6ccc6c7c7ccccc7n6-c6ccccc6)cc5c4ccc32)cc1. The van der Waals surface area contributed by atoms with Gasteiger partial charge in [-0.2, -0.15) is 0 Å². The predicted octanol–water partition coefficient (Wildman–Crippen LogP) is 20.6. The van der Waals surface area contributed by atoms with E-state index in [1.165, 1.54) is 149 Å². The summed E-state index contributed by atoms with van der Waals surface area (Å²) in [6.45, 7) is 0. The van der Waals surface area contributed by atoms with Gasteiger partial charge in [0.2, 0.25) is 0 Å². The number of benzene rings is 13. The van der Waals surface area contributed by atoms with Crippen LogP contribution in [0.25, 0.3) is 161 Å². The van der Waals surface area contributed by atoms with Crippen molar-refractivity contribution in [2.45, 2.75) is 0 Å². The standard InChI is InChI=1S/C70H40N2S2/c1-3-15-45(16-4-1)71-59-23-11-7-21-51(59)69-61(71)31-29-49-53-37-44-40-56(42-28-34-66-58(36-42)48-20-10-14-26-64(48)74-66)68-50(30-32-62-70(68)52-22-8-12-24-60(52)72(62)46-17-5-2-6-18-46)54(44)38-43(53)39-55(67(49)69)41-27-33-65-57(35-41)47-19-9-13-25-63(47)73-65/h1-40H. The molecule has 0 amide bonds. The highest BCUT2D eigenvalue weighted by atomic mass is 32.1. The van der Waals surface area contributed by atoms with E-state index in [4.69, 9.17) is 0 Å². The molecule has 0 fully saturated rings. The highest BCUT2D eigenvalue weighted by Crippen LogP contribution is 2.49. The van der Waals surface area contributed by atoms with Gasteiger partial charge in [0.05, 0.1) is 22.1 Å². The molecule has 0 aliphatic heterocycles. The Kier molecular flexibility index (Phi) is 8.34. The van der Waals surface area contributed by atoms with E-state index in [2.05, 4.69) is 252 Å². The topological polar surface area (TPSA) is 9.86 Å². The Balaban J connectivity index is 1.03. The summed E-state index contributed by atoms with van der Waals surface area (Å²) in [5.41, 5.74) is 12.1. The van der Waals surface area contributed by atoms with Crippen LogP contribution in [0.1, 0.15) is 0 Å². The highest BCUT2D eigenvalue weighted by Gasteiger charge is 2.23. The third-order valence-electron chi connectivity index (χ3n) is 16.0. The molecule has 0 N–H and O–H groups in total. The number of para-hydroxylation sites is 4. The number of thiophene rings is 2. The maximum absolute atomic E-state index is 2.51. The van der Waals surface area contributed by atoms with E-state index >= 15 is 0 Å². The molecule has 342 valence electrons. The molecule has 0 unspecified atom stereocenters. The maximum Gasteiger partial charge on any atom is 0.0547 e. The average molecular weight is 973 g/mol. The van der Waals surface area contributed by atoms with Gasteiger partial charge in [0.15, 0.2) is 0 Å². The van der Waals surface area contributed by atoms with Crippen LogP contribution in [0, 0.1) is 0 Å². The van der Waals surface area contributed by atoms with Crippen molar-refractivity contribution >= 4 is 150 Å². The average Bonchev–Trinajstić information content (AvgIpc) is 4.28. The maximum atomic E-state index is 2.51. The number of hydrogen-bond acceptors (Lipinski definition) is 2. The van der Waals surface area contributed by atoms with E-state index in [1.807, 2.05) is 22.7 Å². The summed E-state index contributed by atoms with van der Waals surface area (Å²) in [4.78, 5) is 0. The quantitative estimate of drug-likeness (QED) is 0.123. The van der Waals surface area contributed by atoms with E-state index in [0.29, 0.717) is 0 Å². The van der Waals surface area contributed by atoms with Crippen LogP contribution in [0.2, 0.25) is 0 Å². The van der Waals surface area contributed by atoms with Crippen LogP contribution in [0.5, 0.6) is 0 Å². The molecule has 0 bridgehead atoms. The van der Waals surface area contributed by atoms with Crippen molar-refractivity contribution in [3.05, 3.63) is 243 Å². The summed E-state index contributed by atoms with van der Waals surface area (Å²) in [5, 5.41) is 20.3. The first-order chi connectivity index (χ1) is 36.7. The Labute approximate surface area is 432 Å². The minimum Gasteiger partial charge on any atom is -0.309 e. The molecule has 2 nitrogen and oxygen atoms in total. The van der Waals surface area contributed by atoms with Crippen LogP contribution in [0.15, 0.2) is 243 Å². The minimum atomic E-state index is 1.16. The summed E-state index contributed by atoms with van der Waals surface area (Å²) >= 11 is 3.75. The molecule has 0 aliphatic carbocycles. The van der Waals surface area contributed by atoms with E-state index in [0.717, 1.165) is 11.4 Å². The minimum absolute atomic E-state index is 1.16. The molecule has 4 aromatic heterocycles. The number of aromatic nitrogens is 2. The predicted molar refractivity (Wildman–Crippen MR) is 322 cm³/mol. The largest absolute Gasteiger partial charge is 0.309 e. The van der Waals surface area contributed by atoms with E-state index in [9.17, 15) is 0 Å². The van der Waals surface area contributed by atoms with Gasteiger partial charge in [-0.1, -0.05) is 133 Å². The Morgan fingerprint density at radius 1 is 0.230 bits per heavy atom. The van der Waals surface area contributed by atoms with E-state index in [-0.39, 0.29) is 0 Å². The number of rotatable bonds is 4. The van der Waals surface area contributed by atoms with Crippen LogP contribution < -0.4 is 0 Å². The van der Waals surface area contributed by atoms with Gasteiger partial charge < -0.3 is 9.13 Å². The smallest absolute Gasteiger partial charge is 0.0547 e. The first-order valence-corrected chi connectivity index (χ1v) is 27.0. The molecule has 0 saturated heterocycles. The van der Waals surface area contributed by atoms with Crippen LogP contribution in [-0.4, -0.2) is 9.13 Å². The third kappa shape index (κ3) is 5.64. The van der Waals surface area contributed by atoms with Gasteiger partial charge in [-0.25, -0.2) is 0 Å². The molecule has 17 rings (SSSR count). The van der Waals surface area contributed by atoms with Gasteiger partial charge >= 0.3 is 0 Å². The van der Waals surface area contributed by atoms with Gasteiger partial charge in [-0.15, -0.1) is 22.7 Å².